The van der Waals surface area contributed by atoms with Gasteiger partial charge in [0.25, 0.3) is 0 Å². The molecular formula is C21H29N. The third kappa shape index (κ3) is 4.20. The first-order chi connectivity index (χ1) is 10.2. The lowest BCUT2D eigenvalue weighted by molar-refractivity contribution is 0.0298. The molecule has 0 N–H and O–H groups in total. The average molecular weight is 295 g/mol. The fraction of sp³-hybridized carbons (Fsp3) is 0.429. The Morgan fingerprint density at radius 1 is 0.682 bits per heavy atom. The molecule has 1 nitrogen and oxygen atoms in total. The van der Waals surface area contributed by atoms with Gasteiger partial charge in [0, 0.05) is 17.6 Å². The summed E-state index contributed by atoms with van der Waals surface area (Å²) in [5.41, 5.74) is 4.22. The summed E-state index contributed by atoms with van der Waals surface area (Å²) in [5, 5.41) is 0. The van der Waals surface area contributed by atoms with E-state index in [-0.39, 0.29) is 11.1 Å². The fourth-order valence-electron chi connectivity index (χ4n) is 3.14. The van der Waals surface area contributed by atoms with Crippen molar-refractivity contribution in [2.75, 3.05) is 0 Å². The molecule has 2 aromatic rings. The predicted molar refractivity (Wildman–Crippen MR) is 96.9 cm³/mol. The van der Waals surface area contributed by atoms with Gasteiger partial charge in [-0.1, -0.05) is 48.5 Å². The molecule has 0 bridgehead atoms. The van der Waals surface area contributed by atoms with Crippen LogP contribution in [0.25, 0.3) is 11.1 Å². The van der Waals surface area contributed by atoms with E-state index in [9.17, 15) is 0 Å². The second-order valence-electron chi connectivity index (χ2n) is 7.99. The molecule has 0 unspecified atom stereocenters. The van der Waals surface area contributed by atoms with Gasteiger partial charge in [0.15, 0.2) is 0 Å². The van der Waals surface area contributed by atoms with Crippen molar-refractivity contribution in [3.63, 3.8) is 0 Å². The summed E-state index contributed by atoms with van der Waals surface area (Å²) in [6.07, 6.45) is 0. The lowest BCUT2D eigenvalue weighted by atomic mass is 9.94. The highest BCUT2D eigenvalue weighted by Gasteiger charge is 2.31. The van der Waals surface area contributed by atoms with Gasteiger partial charge in [0.2, 0.25) is 0 Å². The largest absolute Gasteiger partial charge is 0.289 e. The summed E-state index contributed by atoms with van der Waals surface area (Å²) in [7, 11) is 0. The van der Waals surface area contributed by atoms with Crippen LogP contribution in [-0.2, 0) is 6.54 Å². The van der Waals surface area contributed by atoms with Crippen molar-refractivity contribution in [1.29, 1.82) is 0 Å². The normalized spacial score (nSPS) is 12.7. The van der Waals surface area contributed by atoms with E-state index in [4.69, 9.17) is 0 Å². The number of benzene rings is 2. The summed E-state index contributed by atoms with van der Waals surface area (Å²) >= 11 is 0. The van der Waals surface area contributed by atoms with Crippen molar-refractivity contribution in [2.45, 2.75) is 59.2 Å². The lowest BCUT2D eigenvalue weighted by Crippen LogP contribution is -2.51. The monoisotopic (exact) mass is 295 g/mol. The zero-order chi connectivity index (χ0) is 16.4. The minimum atomic E-state index is 0.140. The van der Waals surface area contributed by atoms with Crippen molar-refractivity contribution in [3.05, 3.63) is 60.2 Å². The highest BCUT2D eigenvalue weighted by atomic mass is 15.2. The molecule has 0 aliphatic carbocycles. The first kappa shape index (κ1) is 16.8. The number of rotatable bonds is 3. The Kier molecular flexibility index (Phi) is 4.77. The maximum absolute atomic E-state index is 2.56. The number of hydrogen-bond acceptors (Lipinski definition) is 1. The third-order valence-electron chi connectivity index (χ3n) is 3.99. The topological polar surface area (TPSA) is 3.24 Å². The Bertz CT molecular complexity index is 586. The maximum atomic E-state index is 2.56. The van der Waals surface area contributed by atoms with Gasteiger partial charge >= 0.3 is 0 Å². The van der Waals surface area contributed by atoms with E-state index in [1.54, 1.807) is 0 Å². The van der Waals surface area contributed by atoms with E-state index in [1.165, 1.54) is 16.7 Å². The molecule has 0 amide bonds. The van der Waals surface area contributed by atoms with Crippen molar-refractivity contribution < 1.29 is 0 Å². The van der Waals surface area contributed by atoms with Crippen LogP contribution in [0.15, 0.2) is 54.6 Å². The summed E-state index contributed by atoms with van der Waals surface area (Å²) in [4.78, 5) is 2.56. The molecule has 0 aliphatic heterocycles. The van der Waals surface area contributed by atoms with Crippen LogP contribution in [0.5, 0.6) is 0 Å². The maximum Gasteiger partial charge on any atom is 0.0244 e. The van der Waals surface area contributed by atoms with E-state index in [1.807, 2.05) is 0 Å². The Balaban J connectivity index is 2.30. The molecule has 22 heavy (non-hydrogen) atoms. The Labute approximate surface area is 136 Å². The van der Waals surface area contributed by atoms with Gasteiger partial charge in [-0.2, -0.15) is 0 Å². The number of hydrogen-bond donors (Lipinski definition) is 0. The Morgan fingerprint density at radius 2 is 1.23 bits per heavy atom. The highest BCUT2D eigenvalue weighted by molar-refractivity contribution is 5.63. The lowest BCUT2D eigenvalue weighted by Gasteiger charge is -2.45. The summed E-state index contributed by atoms with van der Waals surface area (Å²) in [6, 6.07) is 19.5. The molecule has 118 valence electrons. The molecule has 0 spiro atoms. The number of nitrogens with zero attached hydrogens (tertiary/aromatic N) is 1. The van der Waals surface area contributed by atoms with Gasteiger partial charge in [-0.25, -0.2) is 0 Å². The van der Waals surface area contributed by atoms with Crippen LogP contribution < -0.4 is 0 Å². The minimum absolute atomic E-state index is 0.140. The quantitative estimate of drug-likeness (QED) is 0.696. The van der Waals surface area contributed by atoms with Crippen LogP contribution in [0.4, 0.5) is 0 Å². The molecule has 0 aromatic heterocycles. The molecule has 2 rings (SSSR count). The van der Waals surface area contributed by atoms with Gasteiger partial charge in [0.05, 0.1) is 0 Å². The summed E-state index contributed by atoms with van der Waals surface area (Å²) in [6.45, 7) is 14.7. The van der Waals surface area contributed by atoms with E-state index >= 15 is 0 Å². The van der Waals surface area contributed by atoms with E-state index in [0.29, 0.717) is 0 Å². The molecule has 0 radical (unpaired) electrons. The van der Waals surface area contributed by atoms with Crippen molar-refractivity contribution in [3.8, 4) is 11.1 Å². The zero-order valence-electron chi connectivity index (χ0n) is 14.9. The molecule has 1 heteroatoms. The second-order valence-corrected chi connectivity index (χ2v) is 7.99. The molecule has 2 aromatic carbocycles. The first-order valence-electron chi connectivity index (χ1n) is 8.10. The van der Waals surface area contributed by atoms with E-state index in [2.05, 4.69) is 101 Å². The fourth-order valence-corrected chi connectivity index (χ4v) is 3.14. The third-order valence-corrected chi connectivity index (χ3v) is 3.99. The van der Waals surface area contributed by atoms with Crippen LogP contribution >= 0.6 is 0 Å². The van der Waals surface area contributed by atoms with E-state index < -0.39 is 0 Å². The predicted octanol–water partition coefficient (Wildman–Crippen LogP) is 5.75. The van der Waals surface area contributed by atoms with Crippen LogP contribution in [0.2, 0.25) is 0 Å². The van der Waals surface area contributed by atoms with Crippen LogP contribution in [0.1, 0.15) is 47.1 Å². The SMILES string of the molecule is CC(C)(C)N(Cc1cccc(-c2ccccc2)c1)C(C)(C)C. The van der Waals surface area contributed by atoms with Gasteiger partial charge < -0.3 is 0 Å². The van der Waals surface area contributed by atoms with Crippen molar-refractivity contribution >= 4 is 0 Å². The van der Waals surface area contributed by atoms with Crippen LogP contribution in [-0.4, -0.2) is 16.0 Å². The molecule has 0 aliphatic rings. The van der Waals surface area contributed by atoms with E-state index in [0.717, 1.165) is 6.54 Å². The average Bonchev–Trinajstić information content (AvgIpc) is 2.44. The molecule has 0 saturated heterocycles. The Hall–Kier alpha value is -1.60. The van der Waals surface area contributed by atoms with Crippen molar-refractivity contribution in [2.24, 2.45) is 0 Å². The van der Waals surface area contributed by atoms with Gasteiger partial charge in [-0.05, 0) is 64.3 Å². The zero-order valence-corrected chi connectivity index (χ0v) is 14.9. The second kappa shape index (κ2) is 6.26. The molecular weight excluding hydrogens is 266 g/mol. The summed E-state index contributed by atoms with van der Waals surface area (Å²) < 4.78 is 0. The minimum Gasteiger partial charge on any atom is -0.289 e. The summed E-state index contributed by atoms with van der Waals surface area (Å²) in [5.74, 6) is 0. The smallest absolute Gasteiger partial charge is 0.0244 e. The molecule has 0 fully saturated rings. The van der Waals surface area contributed by atoms with Crippen LogP contribution in [0, 0.1) is 0 Å². The first-order valence-corrected chi connectivity index (χ1v) is 8.10. The molecule has 0 atom stereocenters. The Morgan fingerprint density at radius 3 is 1.77 bits per heavy atom. The molecule has 0 heterocycles. The van der Waals surface area contributed by atoms with Crippen LogP contribution in [0.3, 0.4) is 0 Å². The van der Waals surface area contributed by atoms with Gasteiger partial charge in [-0.3, -0.25) is 4.90 Å². The van der Waals surface area contributed by atoms with Crippen molar-refractivity contribution in [1.82, 2.24) is 4.90 Å². The van der Waals surface area contributed by atoms with Gasteiger partial charge in [0.1, 0.15) is 0 Å². The highest BCUT2D eigenvalue weighted by Crippen LogP contribution is 2.28. The standard InChI is InChI=1S/C21H29N/c1-20(2,3)22(21(4,5)6)16-17-11-10-14-19(15-17)18-12-8-7-9-13-18/h7-15H,16H2,1-6H3. The van der Waals surface area contributed by atoms with Gasteiger partial charge in [-0.15, -0.1) is 0 Å². The molecule has 0 saturated carbocycles.